The van der Waals surface area contributed by atoms with Crippen molar-refractivity contribution in [1.29, 1.82) is 0 Å². The second-order valence-electron chi connectivity index (χ2n) is 4.06. The number of rotatable bonds is 4. The molecule has 1 N–H and O–H groups in total. The maximum Gasteiger partial charge on any atom is 0.373 e. The summed E-state index contributed by atoms with van der Waals surface area (Å²) in [6, 6.07) is 9.17. The molecule has 0 aliphatic carbocycles. The molecule has 0 unspecified atom stereocenters. The number of carbonyl (C=O) groups is 2. The molecule has 6 heteroatoms. The molecular weight excluding hydrogens is 295 g/mol. The topological polar surface area (TPSA) is 63.6 Å². The Hall–Kier alpha value is -2.47. The van der Waals surface area contributed by atoms with Crippen molar-refractivity contribution in [3.63, 3.8) is 0 Å². The molecule has 2 rings (SSSR count). The molecule has 0 saturated carbocycles. The van der Waals surface area contributed by atoms with Gasteiger partial charge in [0.2, 0.25) is 5.76 Å². The van der Waals surface area contributed by atoms with Gasteiger partial charge in [0, 0.05) is 11.0 Å². The summed E-state index contributed by atoms with van der Waals surface area (Å²) < 4.78 is 17.2. The van der Waals surface area contributed by atoms with Crippen LogP contribution in [0.15, 0.2) is 48.2 Å². The smallest absolute Gasteiger partial charge is 0.373 e. The average molecular weight is 306 g/mol. The van der Waals surface area contributed by atoms with Crippen LogP contribution in [0.5, 0.6) is 0 Å². The lowest BCUT2D eigenvalue weighted by molar-refractivity contribution is -0.139. The van der Waals surface area contributed by atoms with E-state index in [4.69, 9.17) is 0 Å². The van der Waals surface area contributed by atoms with Gasteiger partial charge in [-0.1, -0.05) is 12.1 Å². The number of ether oxygens (including phenoxy) is 1. The van der Waals surface area contributed by atoms with Crippen LogP contribution in [0.1, 0.15) is 9.67 Å². The summed E-state index contributed by atoms with van der Waals surface area (Å²) in [5, 5.41) is 9.33. The fourth-order valence-corrected chi connectivity index (χ4v) is 2.52. The second kappa shape index (κ2) is 6.32. The zero-order chi connectivity index (χ0) is 15.4. The molecule has 1 aromatic carbocycles. The van der Waals surface area contributed by atoms with Gasteiger partial charge in [-0.05, 0) is 29.8 Å². The van der Waals surface area contributed by atoms with Crippen molar-refractivity contribution in [1.82, 2.24) is 0 Å². The Morgan fingerprint density at radius 1 is 1.19 bits per heavy atom. The van der Waals surface area contributed by atoms with Crippen LogP contribution in [0.2, 0.25) is 0 Å². The first kappa shape index (κ1) is 14.9. The van der Waals surface area contributed by atoms with Crippen molar-refractivity contribution >= 4 is 23.1 Å². The number of hydrogen-bond donors (Lipinski definition) is 1. The normalized spacial score (nSPS) is 11.2. The quantitative estimate of drug-likeness (QED) is 0.407. The van der Waals surface area contributed by atoms with Gasteiger partial charge in [-0.2, -0.15) is 0 Å². The molecule has 0 fully saturated rings. The number of carbonyl (C=O) groups excluding carboxylic acids is 2. The standard InChI is InChI=1S/C15H11FO4S/c1-20-15(19)12(18)8-11(17)14-7-6-13(21-14)9-2-4-10(16)5-3-9/h2-8,18H,1H3. The third-order valence-electron chi connectivity index (χ3n) is 2.64. The van der Waals surface area contributed by atoms with Crippen LogP contribution >= 0.6 is 11.3 Å². The Morgan fingerprint density at radius 2 is 1.86 bits per heavy atom. The van der Waals surface area contributed by atoms with Gasteiger partial charge in [-0.15, -0.1) is 11.3 Å². The Labute approximate surface area is 124 Å². The summed E-state index contributed by atoms with van der Waals surface area (Å²) in [6.45, 7) is 0. The molecule has 0 atom stereocenters. The predicted octanol–water partition coefficient (Wildman–Crippen LogP) is 3.35. The van der Waals surface area contributed by atoms with Gasteiger partial charge in [0.15, 0.2) is 5.78 Å². The molecule has 0 aliphatic rings. The molecule has 21 heavy (non-hydrogen) atoms. The largest absolute Gasteiger partial charge is 0.502 e. The molecule has 0 saturated heterocycles. The summed E-state index contributed by atoms with van der Waals surface area (Å²) in [4.78, 5) is 24.0. The van der Waals surface area contributed by atoms with Crippen LogP contribution in [0.3, 0.4) is 0 Å². The van der Waals surface area contributed by atoms with E-state index in [1.165, 1.54) is 23.5 Å². The Morgan fingerprint density at radius 3 is 2.48 bits per heavy atom. The van der Waals surface area contributed by atoms with Crippen LogP contribution in [-0.2, 0) is 9.53 Å². The second-order valence-corrected chi connectivity index (χ2v) is 5.14. The highest BCUT2D eigenvalue weighted by Crippen LogP contribution is 2.28. The summed E-state index contributed by atoms with van der Waals surface area (Å²) in [6.07, 6.45) is 0.812. The minimum Gasteiger partial charge on any atom is -0.502 e. The molecule has 4 nitrogen and oxygen atoms in total. The van der Waals surface area contributed by atoms with E-state index in [2.05, 4.69) is 4.74 Å². The van der Waals surface area contributed by atoms with Crippen LogP contribution in [-0.4, -0.2) is 24.0 Å². The number of ketones is 1. The number of benzene rings is 1. The molecule has 0 aliphatic heterocycles. The Balaban J connectivity index is 2.22. The molecule has 2 aromatic rings. The van der Waals surface area contributed by atoms with Crippen molar-refractivity contribution in [2.45, 2.75) is 0 Å². The zero-order valence-electron chi connectivity index (χ0n) is 11.0. The van der Waals surface area contributed by atoms with Gasteiger partial charge in [0.05, 0.1) is 12.0 Å². The van der Waals surface area contributed by atoms with Crippen LogP contribution in [0, 0.1) is 5.82 Å². The maximum absolute atomic E-state index is 12.9. The van der Waals surface area contributed by atoms with E-state index in [1.54, 1.807) is 24.3 Å². The van der Waals surface area contributed by atoms with Gasteiger partial charge in [-0.3, -0.25) is 4.79 Å². The molecule has 0 amide bonds. The van der Waals surface area contributed by atoms with Crippen molar-refractivity contribution in [2.24, 2.45) is 0 Å². The van der Waals surface area contributed by atoms with Gasteiger partial charge >= 0.3 is 5.97 Å². The molecule has 0 bridgehead atoms. The van der Waals surface area contributed by atoms with Crippen molar-refractivity contribution < 1.29 is 23.8 Å². The summed E-state index contributed by atoms with van der Waals surface area (Å²) in [7, 11) is 1.11. The maximum atomic E-state index is 12.9. The van der Waals surface area contributed by atoms with Crippen molar-refractivity contribution in [2.75, 3.05) is 7.11 Å². The molecule has 108 valence electrons. The fraction of sp³-hybridized carbons (Fsp3) is 0.0667. The third kappa shape index (κ3) is 3.55. The first-order chi connectivity index (χ1) is 10.0. The monoisotopic (exact) mass is 306 g/mol. The van der Waals surface area contributed by atoms with Crippen LogP contribution < -0.4 is 0 Å². The minimum atomic E-state index is -0.973. The number of allylic oxidation sites excluding steroid dienone is 1. The van der Waals surface area contributed by atoms with E-state index < -0.39 is 17.5 Å². The summed E-state index contributed by atoms with van der Waals surface area (Å²) in [5.41, 5.74) is 0.779. The first-order valence-corrected chi connectivity index (χ1v) is 6.72. The number of methoxy groups -OCH3 is 1. The van der Waals surface area contributed by atoms with E-state index in [-0.39, 0.29) is 5.82 Å². The highest BCUT2D eigenvalue weighted by molar-refractivity contribution is 7.17. The van der Waals surface area contributed by atoms with E-state index in [0.29, 0.717) is 4.88 Å². The van der Waals surface area contributed by atoms with Gasteiger partial charge in [0.25, 0.3) is 0 Å². The van der Waals surface area contributed by atoms with Crippen LogP contribution in [0.25, 0.3) is 10.4 Å². The highest BCUT2D eigenvalue weighted by Gasteiger charge is 2.13. The van der Waals surface area contributed by atoms with E-state index in [0.717, 1.165) is 23.6 Å². The van der Waals surface area contributed by atoms with Gasteiger partial charge < -0.3 is 9.84 Å². The number of thiophene rings is 1. The van der Waals surface area contributed by atoms with Crippen LogP contribution in [0.4, 0.5) is 4.39 Å². The Kier molecular flexibility index (Phi) is 4.49. The van der Waals surface area contributed by atoms with Gasteiger partial charge in [-0.25, -0.2) is 9.18 Å². The summed E-state index contributed by atoms with van der Waals surface area (Å²) >= 11 is 1.18. The number of hydrogen-bond acceptors (Lipinski definition) is 5. The van der Waals surface area contributed by atoms with Crippen molar-refractivity contribution in [3.05, 3.63) is 58.9 Å². The number of esters is 1. The molecule has 0 radical (unpaired) electrons. The first-order valence-electron chi connectivity index (χ1n) is 5.90. The SMILES string of the molecule is COC(=O)C(O)=CC(=O)c1ccc(-c2ccc(F)cc2)s1. The zero-order valence-corrected chi connectivity index (χ0v) is 11.8. The average Bonchev–Trinajstić information content (AvgIpc) is 2.97. The number of aliphatic hydroxyl groups is 1. The summed E-state index contributed by atoms with van der Waals surface area (Å²) in [5.74, 6) is -2.56. The van der Waals surface area contributed by atoms with E-state index in [9.17, 15) is 19.1 Å². The molecule has 1 aromatic heterocycles. The molecular formula is C15H11FO4S. The molecule has 1 heterocycles. The lowest BCUT2D eigenvalue weighted by Gasteiger charge is -1.97. The van der Waals surface area contributed by atoms with Gasteiger partial charge in [0.1, 0.15) is 5.82 Å². The van der Waals surface area contributed by atoms with E-state index >= 15 is 0 Å². The number of halogens is 1. The Bertz CT molecular complexity index is 701. The van der Waals surface area contributed by atoms with Crippen molar-refractivity contribution in [3.8, 4) is 10.4 Å². The van der Waals surface area contributed by atoms with E-state index in [1.807, 2.05) is 0 Å². The lowest BCUT2D eigenvalue weighted by Crippen LogP contribution is -2.06. The third-order valence-corrected chi connectivity index (χ3v) is 3.79. The highest BCUT2D eigenvalue weighted by atomic mass is 32.1. The predicted molar refractivity (Wildman–Crippen MR) is 76.8 cm³/mol. The number of aliphatic hydroxyl groups excluding tert-OH is 1. The molecule has 0 spiro atoms. The fourth-order valence-electron chi connectivity index (χ4n) is 1.60. The lowest BCUT2D eigenvalue weighted by atomic mass is 10.2. The minimum absolute atomic E-state index is 0.336.